The summed E-state index contributed by atoms with van der Waals surface area (Å²) >= 11 is 16.0. The van der Waals surface area contributed by atoms with E-state index >= 15 is 0 Å². The first-order valence-corrected chi connectivity index (χ1v) is 8.90. The molecule has 0 aliphatic heterocycles. The number of urea groups is 1. The van der Waals surface area contributed by atoms with E-state index in [1.54, 1.807) is 19.1 Å². The Morgan fingerprint density at radius 2 is 1.96 bits per heavy atom. The number of nitrogens with zero attached hydrogens (tertiary/aromatic N) is 4. The van der Waals surface area contributed by atoms with Crippen molar-refractivity contribution in [1.29, 1.82) is 0 Å². The van der Waals surface area contributed by atoms with Gasteiger partial charge in [0.1, 0.15) is 11.3 Å². The van der Waals surface area contributed by atoms with Gasteiger partial charge in [-0.3, -0.25) is 0 Å². The van der Waals surface area contributed by atoms with E-state index in [-0.39, 0.29) is 15.8 Å². The number of halogens is 2. The lowest BCUT2D eigenvalue weighted by Gasteiger charge is -2.15. The Morgan fingerprint density at radius 1 is 1.26 bits per heavy atom. The smallest absolute Gasteiger partial charge is 0.333 e. The molecule has 0 saturated carbocycles. The highest BCUT2D eigenvalue weighted by Gasteiger charge is 2.14. The highest BCUT2D eigenvalue weighted by atomic mass is 35.5. The van der Waals surface area contributed by atoms with Crippen LogP contribution in [0.3, 0.4) is 0 Å². The third-order valence-corrected chi connectivity index (χ3v) is 4.38. The number of anilines is 3. The maximum Gasteiger partial charge on any atom is 0.333 e. The van der Waals surface area contributed by atoms with Crippen molar-refractivity contribution in [3.05, 3.63) is 40.5 Å². The van der Waals surface area contributed by atoms with E-state index in [4.69, 9.17) is 23.2 Å². The predicted octanol–water partition coefficient (Wildman–Crippen LogP) is 4.16. The number of phenols is 1. The lowest BCUT2D eigenvalue weighted by atomic mass is 10.3. The number of pyridine rings is 1. The molecule has 0 atom stereocenters. The Labute approximate surface area is 170 Å². The highest BCUT2D eigenvalue weighted by Crippen LogP contribution is 2.35. The number of rotatable bonds is 4. The van der Waals surface area contributed by atoms with Crippen LogP contribution < -0.4 is 14.9 Å². The summed E-state index contributed by atoms with van der Waals surface area (Å²) in [7, 11) is 0. The topological polar surface area (TPSA) is 103 Å². The van der Waals surface area contributed by atoms with Crippen molar-refractivity contribution < 1.29 is 9.90 Å². The van der Waals surface area contributed by atoms with Crippen LogP contribution in [0.1, 0.15) is 6.92 Å². The molecule has 3 N–H and O–H groups in total. The SMILES string of the molecule is CCNC(=O)N(S)c1ccc2ncc(Nc3cc(Cl)c(O)c(Cl)c3)nc2n1. The van der Waals surface area contributed by atoms with Crippen LogP contribution >= 0.6 is 36.0 Å². The number of aromatic nitrogens is 3. The summed E-state index contributed by atoms with van der Waals surface area (Å²) in [6.07, 6.45) is 1.51. The summed E-state index contributed by atoms with van der Waals surface area (Å²) in [4.78, 5) is 24.8. The van der Waals surface area contributed by atoms with Crippen molar-refractivity contribution >= 4 is 70.5 Å². The molecule has 0 radical (unpaired) electrons. The second-order valence-corrected chi connectivity index (χ2v) is 6.54. The molecule has 0 spiro atoms. The maximum absolute atomic E-state index is 11.9. The van der Waals surface area contributed by atoms with Gasteiger partial charge in [-0.25, -0.2) is 24.1 Å². The number of fused-ring (bicyclic) bond motifs is 1. The van der Waals surface area contributed by atoms with Gasteiger partial charge in [-0.2, -0.15) is 0 Å². The van der Waals surface area contributed by atoms with E-state index in [0.717, 1.165) is 4.31 Å². The lowest BCUT2D eigenvalue weighted by Crippen LogP contribution is -2.34. The molecule has 27 heavy (non-hydrogen) atoms. The quantitative estimate of drug-likeness (QED) is 0.370. The first-order valence-electron chi connectivity index (χ1n) is 7.74. The van der Waals surface area contributed by atoms with Gasteiger partial charge < -0.3 is 15.7 Å². The standard InChI is InChI=1S/C16H14Cl2N6O2S/c1-2-19-16(26)24(27)13-4-3-11-15(23-13)22-12(7-20-11)21-8-5-9(17)14(25)10(18)6-8/h3-7,25,27H,2H2,1H3,(H,19,26)(H,21,22,23). The maximum atomic E-state index is 11.9. The van der Waals surface area contributed by atoms with E-state index in [9.17, 15) is 9.90 Å². The number of carbonyl (C=O) groups excluding carboxylic acids is 1. The molecule has 2 aromatic heterocycles. The van der Waals surface area contributed by atoms with Crippen LogP contribution in [0.2, 0.25) is 10.0 Å². The molecular weight excluding hydrogens is 411 g/mol. The first kappa shape index (κ1) is 19.3. The van der Waals surface area contributed by atoms with Gasteiger partial charge in [0.15, 0.2) is 17.2 Å². The average Bonchev–Trinajstić information content (AvgIpc) is 2.65. The van der Waals surface area contributed by atoms with Gasteiger partial charge in [-0.15, -0.1) is 0 Å². The molecule has 2 amide bonds. The van der Waals surface area contributed by atoms with Gasteiger partial charge in [0.05, 0.1) is 16.2 Å². The monoisotopic (exact) mass is 424 g/mol. The molecule has 0 aliphatic rings. The fraction of sp³-hybridized carbons (Fsp3) is 0.125. The molecule has 11 heteroatoms. The summed E-state index contributed by atoms with van der Waals surface area (Å²) < 4.78 is 1.09. The molecule has 0 fully saturated rings. The number of aromatic hydroxyl groups is 1. The second kappa shape index (κ2) is 8.03. The van der Waals surface area contributed by atoms with E-state index < -0.39 is 6.03 Å². The summed E-state index contributed by atoms with van der Waals surface area (Å²) in [5.41, 5.74) is 1.38. The van der Waals surface area contributed by atoms with Crippen molar-refractivity contribution in [2.45, 2.75) is 6.92 Å². The van der Waals surface area contributed by atoms with Crippen LogP contribution in [-0.2, 0) is 0 Å². The van der Waals surface area contributed by atoms with Gasteiger partial charge in [0.25, 0.3) is 0 Å². The first-order chi connectivity index (χ1) is 12.9. The minimum atomic E-state index is -0.400. The largest absolute Gasteiger partial charge is 0.505 e. The molecule has 0 bridgehead atoms. The van der Waals surface area contributed by atoms with Crippen molar-refractivity contribution in [1.82, 2.24) is 20.3 Å². The van der Waals surface area contributed by atoms with Crippen LogP contribution in [0.5, 0.6) is 5.75 Å². The van der Waals surface area contributed by atoms with Gasteiger partial charge in [0, 0.05) is 12.2 Å². The Kier molecular flexibility index (Phi) is 5.73. The van der Waals surface area contributed by atoms with E-state index in [0.29, 0.717) is 35.0 Å². The van der Waals surface area contributed by atoms with E-state index in [1.807, 2.05) is 0 Å². The third-order valence-electron chi connectivity index (χ3n) is 3.42. The number of carbonyl (C=O) groups is 1. The zero-order valence-electron chi connectivity index (χ0n) is 13.9. The van der Waals surface area contributed by atoms with Gasteiger partial charge in [-0.1, -0.05) is 36.0 Å². The van der Waals surface area contributed by atoms with E-state index in [1.165, 1.54) is 18.3 Å². The molecule has 0 unspecified atom stereocenters. The Balaban J connectivity index is 1.91. The van der Waals surface area contributed by atoms with Crippen LogP contribution in [0.4, 0.5) is 22.1 Å². The fourth-order valence-electron chi connectivity index (χ4n) is 2.18. The number of nitrogens with one attached hydrogen (secondary N) is 2. The molecule has 140 valence electrons. The number of thiol groups is 1. The third kappa shape index (κ3) is 4.26. The molecule has 1 aromatic carbocycles. The molecule has 0 saturated heterocycles. The van der Waals surface area contributed by atoms with E-state index in [2.05, 4.69) is 38.4 Å². The Bertz CT molecular complexity index is 996. The van der Waals surface area contributed by atoms with Crippen LogP contribution in [0.15, 0.2) is 30.5 Å². The van der Waals surface area contributed by atoms with Crippen molar-refractivity contribution in [2.24, 2.45) is 0 Å². The second-order valence-electron chi connectivity index (χ2n) is 5.33. The molecule has 3 aromatic rings. The van der Waals surface area contributed by atoms with Crippen LogP contribution in [-0.4, -0.2) is 32.6 Å². The lowest BCUT2D eigenvalue weighted by molar-refractivity contribution is 0.250. The summed E-state index contributed by atoms with van der Waals surface area (Å²) in [5, 5.41) is 15.5. The van der Waals surface area contributed by atoms with Crippen molar-refractivity contribution in [2.75, 3.05) is 16.2 Å². The minimum Gasteiger partial charge on any atom is -0.505 e. The molecule has 2 heterocycles. The molecule has 0 aliphatic carbocycles. The summed E-state index contributed by atoms with van der Waals surface area (Å²) in [6.45, 7) is 2.27. The minimum absolute atomic E-state index is 0.104. The average molecular weight is 425 g/mol. The fourth-order valence-corrected chi connectivity index (χ4v) is 2.85. The van der Waals surface area contributed by atoms with Gasteiger partial charge >= 0.3 is 6.03 Å². The summed E-state index contributed by atoms with van der Waals surface area (Å²) in [5.74, 6) is 0.492. The normalized spacial score (nSPS) is 10.7. The van der Waals surface area contributed by atoms with Gasteiger partial charge in [-0.05, 0) is 31.2 Å². The summed E-state index contributed by atoms with van der Waals surface area (Å²) in [6, 6.07) is 5.91. The Hall–Kier alpha value is -2.49. The van der Waals surface area contributed by atoms with Gasteiger partial charge in [0.2, 0.25) is 0 Å². The number of hydrogen-bond acceptors (Lipinski definition) is 7. The number of phenolic OH excluding ortho intramolecular Hbond substituents is 1. The number of hydrogen-bond donors (Lipinski definition) is 4. The van der Waals surface area contributed by atoms with Crippen LogP contribution in [0, 0.1) is 0 Å². The Morgan fingerprint density at radius 3 is 2.63 bits per heavy atom. The van der Waals surface area contributed by atoms with Crippen molar-refractivity contribution in [3.8, 4) is 5.75 Å². The highest BCUT2D eigenvalue weighted by molar-refractivity contribution is 7.82. The predicted molar refractivity (Wildman–Crippen MR) is 109 cm³/mol. The molecule has 8 nitrogen and oxygen atoms in total. The molecule has 3 rings (SSSR count). The van der Waals surface area contributed by atoms with Crippen molar-refractivity contribution in [3.63, 3.8) is 0 Å². The van der Waals surface area contributed by atoms with Crippen LogP contribution in [0.25, 0.3) is 11.2 Å². The zero-order chi connectivity index (χ0) is 19.6. The number of amides is 2. The zero-order valence-corrected chi connectivity index (χ0v) is 16.3. The number of benzene rings is 1. The molecular formula is C16H14Cl2N6O2S.